The SMILES string of the molecule is C=CCn1c(S[C@H](C)C(=O)NCc2ccco2)nnc1-c1ccc(OC)cc1. The summed E-state index contributed by atoms with van der Waals surface area (Å²) in [6, 6.07) is 11.2. The first-order chi connectivity index (χ1) is 13.6. The number of amides is 1. The van der Waals surface area contributed by atoms with Gasteiger partial charge in [-0.15, -0.1) is 16.8 Å². The second kappa shape index (κ2) is 9.27. The van der Waals surface area contributed by atoms with E-state index >= 15 is 0 Å². The summed E-state index contributed by atoms with van der Waals surface area (Å²) in [6.45, 7) is 6.54. The van der Waals surface area contributed by atoms with Crippen LogP contribution in [-0.4, -0.2) is 33.0 Å². The van der Waals surface area contributed by atoms with Crippen LogP contribution in [0.5, 0.6) is 5.75 Å². The molecule has 0 fully saturated rings. The molecule has 1 amide bonds. The van der Waals surface area contributed by atoms with E-state index < -0.39 is 0 Å². The third-order valence-electron chi connectivity index (χ3n) is 4.05. The highest BCUT2D eigenvalue weighted by Gasteiger charge is 2.20. The summed E-state index contributed by atoms with van der Waals surface area (Å²) < 4.78 is 12.4. The van der Waals surface area contributed by atoms with Crippen molar-refractivity contribution in [2.45, 2.75) is 30.4 Å². The minimum absolute atomic E-state index is 0.0967. The highest BCUT2D eigenvalue weighted by atomic mass is 32.2. The van der Waals surface area contributed by atoms with Crippen molar-refractivity contribution in [2.75, 3.05) is 7.11 Å². The molecule has 0 spiro atoms. The van der Waals surface area contributed by atoms with Gasteiger partial charge in [0, 0.05) is 12.1 Å². The number of rotatable bonds is 9. The number of carbonyl (C=O) groups excluding carboxylic acids is 1. The Balaban J connectivity index is 1.72. The molecule has 0 bridgehead atoms. The number of carbonyl (C=O) groups is 1. The molecule has 7 nitrogen and oxygen atoms in total. The summed E-state index contributed by atoms with van der Waals surface area (Å²) in [4.78, 5) is 12.4. The van der Waals surface area contributed by atoms with E-state index in [0.717, 1.165) is 11.3 Å². The lowest BCUT2D eigenvalue weighted by atomic mass is 10.2. The van der Waals surface area contributed by atoms with Crippen molar-refractivity contribution in [1.82, 2.24) is 20.1 Å². The van der Waals surface area contributed by atoms with Gasteiger partial charge in [-0.25, -0.2) is 0 Å². The predicted molar refractivity (Wildman–Crippen MR) is 108 cm³/mol. The molecule has 0 aliphatic rings. The fourth-order valence-corrected chi connectivity index (χ4v) is 3.45. The number of allylic oxidation sites excluding steroid dienone is 1. The van der Waals surface area contributed by atoms with Gasteiger partial charge in [-0.1, -0.05) is 17.8 Å². The van der Waals surface area contributed by atoms with Crippen LogP contribution in [0.25, 0.3) is 11.4 Å². The maximum absolute atomic E-state index is 12.4. The second-order valence-corrected chi connectivity index (χ2v) is 7.30. The molecule has 0 aliphatic heterocycles. The van der Waals surface area contributed by atoms with Crippen LogP contribution in [0.1, 0.15) is 12.7 Å². The number of hydrogen-bond acceptors (Lipinski definition) is 6. The number of thioether (sulfide) groups is 1. The fourth-order valence-electron chi connectivity index (χ4n) is 2.57. The quantitative estimate of drug-likeness (QED) is 0.439. The average Bonchev–Trinajstić information content (AvgIpc) is 3.37. The summed E-state index contributed by atoms with van der Waals surface area (Å²) in [6.07, 6.45) is 3.36. The van der Waals surface area contributed by atoms with Gasteiger partial charge in [0.05, 0.1) is 25.2 Å². The number of furan rings is 1. The van der Waals surface area contributed by atoms with Gasteiger partial charge in [-0.05, 0) is 43.3 Å². The topological polar surface area (TPSA) is 82.2 Å². The van der Waals surface area contributed by atoms with E-state index in [4.69, 9.17) is 9.15 Å². The fraction of sp³-hybridized carbons (Fsp3) is 0.250. The van der Waals surface area contributed by atoms with Crippen LogP contribution in [0.3, 0.4) is 0 Å². The maximum Gasteiger partial charge on any atom is 0.233 e. The monoisotopic (exact) mass is 398 g/mol. The Labute approximate surface area is 167 Å². The molecule has 146 valence electrons. The van der Waals surface area contributed by atoms with E-state index in [1.807, 2.05) is 41.8 Å². The van der Waals surface area contributed by atoms with Crippen molar-refractivity contribution < 1.29 is 13.9 Å². The number of aromatic nitrogens is 3. The molecule has 0 saturated heterocycles. The minimum Gasteiger partial charge on any atom is -0.497 e. The van der Waals surface area contributed by atoms with Crippen LogP contribution in [0.4, 0.5) is 0 Å². The summed E-state index contributed by atoms with van der Waals surface area (Å²) in [5.74, 6) is 2.10. The Kier molecular flexibility index (Phi) is 6.54. The van der Waals surface area contributed by atoms with Crippen LogP contribution in [0.15, 0.2) is 64.9 Å². The van der Waals surface area contributed by atoms with Crippen molar-refractivity contribution in [1.29, 1.82) is 0 Å². The predicted octanol–water partition coefficient (Wildman–Crippen LogP) is 3.53. The van der Waals surface area contributed by atoms with Crippen LogP contribution >= 0.6 is 11.8 Å². The van der Waals surface area contributed by atoms with Gasteiger partial charge >= 0.3 is 0 Å². The highest BCUT2D eigenvalue weighted by molar-refractivity contribution is 8.00. The summed E-state index contributed by atoms with van der Waals surface area (Å²) in [5.41, 5.74) is 0.914. The summed E-state index contributed by atoms with van der Waals surface area (Å²) in [7, 11) is 1.63. The highest BCUT2D eigenvalue weighted by Crippen LogP contribution is 2.28. The van der Waals surface area contributed by atoms with E-state index in [9.17, 15) is 4.79 Å². The van der Waals surface area contributed by atoms with Crippen molar-refractivity contribution in [2.24, 2.45) is 0 Å². The van der Waals surface area contributed by atoms with E-state index in [1.54, 1.807) is 25.5 Å². The Morgan fingerprint density at radius 2 is 2.14 bits per heavy atom. The number of benzene rings is 1. The van der Waals surface area contributed by atoms with E-state index in [1.165, 1.54) is 11.8 Å². The second-order valence-electron chi connectivity index (χ2n) is 5.99. The van der Waals surface area contributed by atoms with Crippen molar-refractivity contribution in [3.8, 4) is 17.1 Å². The lowest BCUT2D eigenvalue weighted by Crippen LogP contribution is -2.30. The largest absolute Gasteiger partial charge is 0.497 e. The Hall–Kier alpha value is -3.00. The number of nitrogens with zero attached hydrogens (tertiary/aromatic N) is 3. The van der Waals surface area contributed by atoms with Gasteiger partial charge in [-0.3, -0.25) is 9.36 Å². The summed E-state index contributed by atoms with van der Waals surface area (Å²) >= 11 is 1.35. The van der Waals surface area contributed by atoms with Crippen LogP contribution in [-0.2, 0) is 17.9 Å². The third-order valence-corrected chi connectivity index (χ3v) is 5.13. The molecule has 1 aromatic carbocycles. The van der Waals surface area contributed by atoms with Crippen molar-refractivity contribution in [3.05, 3.63) is 61.1 Å². The molecule has 2 heterocycles. The zero-order chi connectivity index (χ0) is 19.9. The van der Waals surface area contributed by atoms with Crippen LogP contribution in [0, 0.1) is 0 Å². The smallest absolute Gasteiger partial charge is 0.233 e. The number of hydrogen-bond donors (Lipinski definition) is 1. The molecule has 3 aromatic rings. The molecular weight excluding hydrogens is 376 g/mol. The normalized spacial score (nSPS) is 11.8. The number of nitrogens with one attached hydrogen (secondary N) is 1. The molecule has 8 heteroatoms. The average molecular weight is 398 g/mol. The zero-order valence-corrected chi connectivity index (χ0v) is 16.6. The molecule has 0 unspecified atom stereocenters. The molecule has 0 saturated carbocycles. The van der Waals surface area contributed by atoms with Crippen molar-refractivity contribution >= 4 is 17.7 Å². The van der Waals surface area contributed by atoms with E-state index in [0.29, 0.717) is 29.8 Å². The van der Waals surface area contributed by atoms with Crippen LogP contribution < -0.4 is 10.1 Å². The molecule has 1 N–H and O–H groups in total. The number of ether oxygens (including phenoxy) is 1. The Morgan fingerprint density at radius 3 is 2.79 bits per heavy atom. The third kappa shape index (κ3) is 4.64. The molecule has 2 aromatic heterocycles. The molecule has 28 heavy (non-hydrogen) atoms. The van der Waals surface area contributed by atoms with Gasteiger partial charge < -0.3 is 14.5 Å². The van der Waals surface area contributed by atoms with Gasteiger partial charge in [0.15, 0.2) is 11.0 Å². The maximum atomic E-state index is 12.4. The number of methoxy groups -OCH3 is 1. The van der Waals surface area contributed by atoms with E-state index in [-0.39, 0.29) is 11.2 Å². The molecule has 0 radical (unpaired) electrons. The first kappa shape index (κ1) is 19.8. The van der Waals surface area contributed by atoms with Gasteiger partial charge in [0.1, 0.15) is 11.5 Å². The molecule has 0 aliphatic carbocycles. The summed E-state index contributed by atoms with van der Waals surface area (Å²) in [5, 5.41) is 11.8. The minimum atomic E-state index is -0.341. The van der Waals surface area contributed by atoms with Gasteiger partial charge in [-0.2, -0.15) is 0 Å². The lowest BCUT2D eigenvalue weighted by Gasteiger charge is -2.12. The standard InChI is InChI=1S/C20H22N4O3S/c1-4-11-24-18(15-7-9-16(26-3)10-8-15)22-23-20(24)28-14(2)19(25)21-13-17-6-5-12-27-17/h4-10,12,14H,1,11,13H2,2-3H3,(H,21,25)/t14-/m1/s1. The molecule has 3 rings (SSSR count). The van der Waals surface area contributed by atoms with Gasteiger partial charge in [0.25, 0.3) is 0 Å². The molecular formula is C20H22N4O3S. The first-order valence-corrected chi connectivity index (χ1v) is 9.65. The molecule has 1 atom stereocenters. The zero-order valence-electron chi connectivity index (χ0n) is 15.8. The van der Waals surface area contributed by atoms with Crippen molar-refractivity contribution in [3.63, 3.8) is 0 Å². The van der Waals surface area contributed by atoms with Crippen LogP contribution in [0.2, 0.25) is 0 Å². The van der Waals surface area contributed by atoms with E-state index in [2.05, 4.69) is 22.1 Å². The Morgan fingerprint density at radius 1 is 1.36 bits per heavy atom. The first-order valence-electron chi connectivity index (χ1n) is 8.77. The lowest BCUT2D eigenvalue weighted by molar-refractivity contribution is -0.120. The Bertz CT molecular complexity index is 920. The van der Waals surface area contributed by atoms with Gasteiger partial charge in [0.2, 0.25) is 5.91 Å².